The Labute approximate surface area is 146 Å². The fourth-order valence-corrected chi connectivity index (χ4v) is 3.45. The molecule has 0 N–H and O–H groups in total. The first-order chi connectivity index (χ1) is 11.3. The number of hydrogen-bond donors (Lipinski definition) is 0. The first-order valence-corrected chi connectivity index (χ1v) is 9.18. The number of rotatable bonds is 6. The van der Waals surface area contributed by atoms with Crippen LogP contribution in [0.2, 0.25) is 5.02 Å². The molecule has 0 unspecified atom stereocenters. The molecule has 0 spiro atoms. The maximum absolute atomic E-state index is 12.2. The average molecular weight is 369 g/mol. The Bertz CT molecular complexity index is 846. The third-order valence-corrected chi connectivity index (χ3v) is 4.81. The molecule has 2 aromatic carbocycles. The van der Waals surface area contributed by atoms with Crippen molar-refractivity contribution in [3.63, 3.8) is 0 Å². The zero-order valence-electron chi connectivity index (χ0n) is 13.3. The van der Waals surface area contributed by atoms with E-state index in [0.29, 0.717) is 17.0 Å². The van der Waals surface area contributed by atoms with Crippen molar-refractivity contribution in [2.24, 2.45) is 0 Å². The number of aryl methyl sites for hydroxylation is 1. The summed E-state index contributed by atoms with van der Waals surface area (Å²) < 4.78 is 34.2. The number of methoxy groups -OCH3 is 1. The predicted molar refractivity (Wildman–Crippen MR) is 91.9 cm³/mol. The van der Waals surface area contributed by atoms with Crippen molar-refractivity contribution in [1.82, 2.24) is 0 Å². The highest BCUT2D eigenvalue weighted by atomic mass is 35.5. The van der Waals surface area contributed by atoms with Crippen LogP contribution in [0, 0.1) is 0 Å². The van der Waals surface area contributed by atoms with Gasteiger partial charge in [0.1, 0.15) is 11.5 Å². The summed E-state index contributed by atoms with van der Waals surface area (Å²) in [5.74, 6) is -0.678. The Kier molecular flexibility index (Phi) is 5.85. The zero-order chi connectivity index (χ0) is 17.7. The maximum atomic E-state index is 12.2. The fourth-order valence-electron chi connectivity index (χ4n) is 2.16. The second-order valence-electron chi connectivity index (χ2n) is 5.08. The Morgan fingerprint density at radius 1 is 1.17 bits per heavy atom. The van der Waals surface area contributed by atoms with Crippen molar-refractivity contribution in [1.29, 1.82) is 0 Å². The molecule has 7 heteroatoms. The molecule has 24 heavy (non-hydrogen) atoms. The molecule has 0 saturated carbocycles. The molecule has 0 bridgehead atoms. The van der Waals surface area contributed by atoms with E-state index in [4.69, 9.17) is 15.8 Å². The monoisotopic (exact) mass is 368 g/mol. The van der Waals surface area contributed by atoms with Crippen LogP contribution in [0.5, 0.6) is 5.75 Å². The molecule has 2 rings (SSSR count). The van der Waals surface area contributed by atoms with Crippen LogP contribution in [-0.4, -0.2) is 21.5 Å². The number of hydrogen-bond acceptors (Lipinski definition) is 5. The number of carbonyl (C=O) groups is 1. The molecular weight excluding hydrogens is 352 g/mol. The summed E-state index contributed by atoms with van der Waals surface area (Å²) in [6, 6.07) is 10.9. The highest BCUT2D eigenvalue weighted by Crippen LogP contribution is 2.24. The number of ether oxygens (including phenoxy) is 1. The molecule has 0 radical (unpaired) electrons. The van der Waals surface area contributed by atoms with Gasteiger partial charge in [-0.1, -0.05) is 30.7 Å². The minimum absolute atomic E-state index is 0.209. The summed E-state index contributed by atoms with van der Waals surface area (Å²) in [6.45, 7) is 1.91. The van der Waals surface area contributed by atoms with E-state index in [1.165, 1.54) is 19.2 Å². The van der Waals surface area contributed by atoms with Gasteiger partial charge in [-0.05, 0) is 47.9 Å². The van der Waals surface area contributed by atoms with Gasteiger partial charge in [-0.15, -0.1) is 0 Å². The summed E-state index contributed by atoms with van der Waals surface area (Å²) in [5, 5.41) is 0.563. The van der Waals surface area contributed by atoms with Gasteiger partial charge in [-0.2, -0.15) is 8.42 Å². The lowest BCUT2D eigenvalue weighted by Crippen LogP contribution is -2.13. The van der Waals surface area contributed by atoms with E-state index in [1.54, 1.807) is 30.3 Å². The minimum atomic E-state index is -3.87. The highest BCUT2D eigenvalue weighted by molar-refractivity contribution is 7.86. The normalized spacial score (nSPS) is 11.1. The zero-order valence-corrected chi connectivity index (χ0v) is 14.9. The van der Waals surface area contributed by atoms with Gasteiger partial charge >= 0.3 is 16.1 Å². The van der Waals surface area contributed by atoms with Crippen LogP contribution in [0.4, 0.5) is 0 Å². The lowest BCUT2D eigenvalue weighted by Gasteiger charge is -2.10. The molecule has 0 aliphatic carbocycles. The summed E-state index contributed by atoms with van der Waals surface area (Å²) in [5.41, 5.74) is 1.52. The topological polar surface area (TPSA) is 69.7 Å². The van der Waals surface area contributed by atoms with Gasteiger partial charge in [0.25, 0.3) is 0 Å². The minimum Gasteiger partial charge on any atom is -0.465 e. The number of esters is 1. The smallest absolute Gasteiger partial charge is 0.337 e. The van der Waals surface area contributed by atoms with Gasteiger partial charge in [0.15, 0.2) is 0 Å². The van der Waals surface area contributed by atoms with Gasteiger partial charge in [-0.3, -0.25) is 0 Å². The predicted octanol–water partition coefficient (Wildman–Crippen LogP) is 3.60. The Balaban J connectivity index is 2.18. The molecule has 5 nitrogen and oxygen atoms in total. The highest BCUT2D eigenvalue weighted by Gasteiger charge is 2.16. The molecular formula is C17H17ClO5S. The largest absolute Gasteiger partial charge is 0.465 e. The fraction of sp³-hybridized carbons (Fsp3) is 0.235. The Morgan fingerprint density at radius 3 is 2.58 bits per heavy atom. The Morgan fingerprint density at radius 2 is 1.92 bits per heavy atom. The standard InChI is InChI=1S/C17H17ClO5S/c1-3-13-10-15(7-8-16(13)18)23-24(20,21)11-12-5-4-6-14(9-12)17(19)22-2/h4-10H,3,11H2,1-2H3. The van der Waals surface area contributed by atoms with Crippen LogP contribution in [-0.2, 0) is 27.0 Å². The third kappa shape index (κ3) is 4.72. The van der Waals surface area contributed by atoms with Gasteiger partial charge in [0, 0.05) is 5.02 Å². The van der Waals surface area contributed by atoms with Gasteiger partial charge in [0.2, 0.25) is 0 Å². The van der Waals surface area contributed by atoms with E-state index < -0.39 is 16.1 Å². The molecule has 0 saturated heterocycles. The molecule has 0 aliphatic rings. The van der Waals surface area contributed by atoms with Crippen molar-refractivity contribution < 1.29 is 22.1 Å². The third-order valence-electron chi connectivity index (χ3n) is 3.31. The first-order valence-electron chi connectivity index (χ1n) is 7.22. The van der Waals surface area contributed by atoms with E-state index in [2.05, 4.69) is 4.74 Å². The van der Waals surface area contributed by atoms with Crippen molar-refractivity contribution >= 4 is 27.7 Å². The van der Waals surface area contributed by atoms with E-state index in [0.717, 1.165) is 5.56 Å². The quantitative estimate of drug-likeness (QED) is 0.575. The number of benzene rings is 2. The van der Waals surface area contributed by atoms with Crippen LogP contribution in [0.15, 0.2) is 42.5 Å². The van der Waals surface area contributed by atoms with Crippen LogP contribution < -0.4 is 4.18 Å². The Hall–Kier alpha value is -2.05. The molecule has 2 aromatic rings. The van der Waals surface area contributed by atoms with E-state index in [1.807, 2.05) is 6.92 Å². The summed E-state index contributed by atoms with van der Waals surface area (Å²) in [7, 11) is -2.61. The van der Waals surface area contributed by atoms with Crippen LogP contribution >= 0.6 is 11.6 Å². The van der Waals surface area contributed by atoms with E-state index in [-0.39, 0.29) is 17.1 Å². The lowest BCUT2D eigenvalue weighted by atomic mass is 10.1. The summed E-state index contributed by atoms with van der Waals surface area (Å²) in [4.78, 5) is 11.5. The van der Waals surface area contributed by atoms with Crippen molar-refractivity contribution in [2.45, 2.75) is 19.1 Å². The van der Waals surface area contributed by atoms with E-state index >= 15 is 0 Å². The molecule has 0 atom stereocenters. The van der Waals surface area contributed by atoms with Crippen molar-refractivity contribution in [2.75, 3.05) is 7.11 Å². The number of carbonyl (C=O) groups excluding carboxylic acids is 1. The SMILES string of the molecule is CCc1cc(OS(=O)(=O)Cc2cccc(C(=O)OC)c2)ccc1Cl. The van der Waals surface area contributed by atoms with Gasteiger partial charge < -0.3 is 8.92 Å². The first kappa shape index (κ1) is 18.3. The van der Waals surface area contributed by atoms with Crippen molar-refractivity contribution in [3.8, 4) is 5.75 Å². The van der Waals surface area contributed by atoms with Gasteiger partial charge in [0.05, 0.1) is 12.7 Å². The summed E-state index contributed by atoms with van der Waals surface area (Å²) in [6.07, 6.45) is 0.664. The molecule has 0 heterocycles. The second kappa shape index (κ2) is 7.68. The van der Waals surface area contributed by atoms with Crippen molar-refractivity contribution in [3.05, 3.63) is 64.2 Å². The average Bonchev–Trinajstić information content (AvgIpc) is 2.55. The summed E-state index contributed by atoms with van der Waals surface area (Å²) >= 11 is 6.01. The van der Waals surface area contributed by atoms with Crippen LogP contribution in [0.3, 0.4) is 0 Å². The van der Waals surface area contributed by atoms with E-state index in [9.17, 15) is 13.2 Å². The lowest BCUT2D eigenvalue weighted by molar-refractivity contribution is 0.0600. The maximum Gasteiger partial charge on any atom is 0.337 e. The second-order valence-corrected chi connectivity index (χ2v) is 7.06. The molecule has 0 aromatic heterocycles. The van der Waals surface area contributed by atoms with Crippen LogP contribution in [0.25, 0.3) is 0 Å². The van der Waals surface area contributed by atoms with Gasteiger partial charge in [-0.25, -0.2) is 4.79 Å². The number of halogens is 1. The molecule has 0 aliphatic heterocycles. The molecule has 128 valence electrons. The molecule has 0 fully saturated rings. The molecule has 0 amide bonds. The van der Waals surface area contributed by atoms with Crippen LogP contribution in [0.1, 0.15) is 28.4 Å².